The van der Waals surface area contributed by atoms with Crippen LogP contribution in [-0.2, 0) is 20.9 Å². The van der Waals surface area contributed by atoms with Gasteiger partial charge in [-0.3, -0.25) is 9.59 Å². The van der Waals surface area contributed by atoms with E-state index in [0.29, 0.717) is 18.0 Å². The molecule has 0 aromatic heterocycles. The Balaban J connectivity index is 2.26. The summed E-state index contributed by atoms with van der Waals surface area (Å²) >= 11 is 6.89. The van der Waals surface area contributed by atoms with Crippen LogP contribution in [-0.4, -0.2) is 40.9 Å². The number of hydrogen-bond acceptors (Lipinski definition) is 4. The number of benzene rings is 1. The Morgan fingerprint density at radius 3 is 2.57 bits per heavy atom. The Hall–Kier alpha value is -1.73. The second kappa shape index (κ2) is 9.25. The lowest BCUT2D eigenvalue weighted by atomic mass is 10.2. The van der Waals surface area contributed by atoms with Crippen molar-refractivity contribution in [1.82, 2.24) is 10.6 Å². The van der Waals surface area contributed by atoms with Crippen LogP contribution < -0.4 is 10.6 Å². The summed E-state index contributed by atoms with van der Waals surface area (Å²) < 4.78 is 0. The maximum absolute atomic E-state index is 11.6. The summed E-state index contributed by atoms with van der Waals surface area (Å²) in [5.41, 5.74) is 0.920. The Morgan fingerprint density at radius 2 is 2.00 bits per heavy atom. The summed E-state index contributed by atoms with van der Waals surface area (Å²) in [4.78, 5) is 32.6. The summed E-state index contributed by atoms with van der Waals surface area (Å²) in [6, 6.07) is 6.10. The number of halogens is 1. The van der Waals surface area contributed by atoms with Crippen LogP contribution in [0.2, 0.25) is 5.02 Å². The van der Waals surface area contributed by atoms with Crippen molar-refractivity contribution in [3.05, 3.63) is 34.9 Å². The molecule has 0 bridgehead atoms. The standard InChI is InChI=1S/C13H15ClN2O4S/c14-10-3-1-9(2-4-10)5-15-12(18)7-21-6-11(13(19)20)16-8-17/h1-4,8,11H,5-7H2,(H,15,18)(H,16,17)(H,19,20). The smallest absolute Gasteiger partial charge is 0.327 e. The number of carbonyl (C=O) groups excluding carboxylic acids is 2. The Kier molecular flexibility index (Phi) is 7.63. The lowest BCUT2D eigenvalue weighted by Gasteiger charge is -2.10. The number of carbonyl (C=O) groups is 3. The van der Waals surface area contributed by atoms with E-state index in [1.54, 1.807) is 12.1 Å². The van der Waals surface area contributed by atoms with Gasteiger partial charge in [0.15, 0.2) is 0 Å². The molecule has 0 fully saturated rings. The average molecular weight is 331 g/mol. The van der Waals surface area contributed by atoms with E-state index in [0.717, 1.165) is 17.3 Å². The van der Waals surface area contributed by atoms with Crippen molar-refractivity contribution in [3.8, 4) is 0 Å². The molecular weight excluding hydrogens is 316 g/mol. The highest BCUT2D eigenvalue weighted by Crippen LogP contribution is 2.09. The fourth-order valence-corrected chi connectivity index (χ4v) is 2.40. The highest BCUT2D eigenvalue weighted by molar-refractivity contribution is 8.00. The van der Waals surface area contributed by atoms with Crippen molar-refractivity contribution < 1.29 is 19.5 Å². The van der Waals surface area contributed by atoms with Gasteiger partial charge in [-0.15, -0.1) is 11.8 Å². The van der Waals surface area contributed by atoms with E-state index in [1.807, 2.05) is 12.1 Å². The van der Waals surface area contributed by atoms with E-state index in [2.05, 4.69) is 10.6 Å². The van der Waals surface area contributed by atoms with Crippen molar-refractivity contribution in [2.24, 2.45) is 0 Å². The SMILES string of the molecule is O=CNC(CSCC(=O)NCc1ccc(Cl)cc1)C(=O)O. The number of thioether (sulfide) groups is 1. The highest BCUT2D eigenvalue weighted by atomic mass is 35.5. The normalized spacial score (nSPS) is 11.5. The Morgan fingerprint density at radius 1 is 1.33 bits per heavy atom. The van der Waals surface area contributed by atoms with Gasteiger partial charge in [0.05, 0.1) is 5.75 Å². The zero-order valence-electron chi connectivity index (χ0n) is 11.0. The quantitative estimate of drug-likeness (QED) is 0.584. The van der Waals surface area contributed by atoms with E-state index in [-0.39, 0.29) is 17.4 Å². The minimum absolute atomic E-state index is 0.123. The molecule has 0 aliphatic heterocycles. The van der Waals surface area contributed by atoms with Gasteiger partial charge in [-0.05, 0) is 17.7 Å². The molecule has 114 valence electrons. The summed E-state index contributed by atoms with van der Waals surface area (Å²) in [6.45, 7) is 0.380. The van der Waals surface area contributed by atoms with E-state index in [9.17, 15) is 14.4 Å². The fourth-order valence-electron chi connectivity index (χ4n) is 1.40. The van der Waals surface area contributed by atoms with Crippen molar-refractivity contribution in [2.45, 2.75) is 12.6 Å². The number of carboxylic acid groups (broad SMARTS) is 1. The van der Waals surface area contributed by atoms with E-state index in [1.165, 1.54) is 0 Å². The van der Waals surface area contributed by atoms with Crippen molar-refractivity contribution in [3.63, 3.8) is 0 Å². The van der Waals surface area contributed by atoms with Crippen LogP contribution in [0, 0.1) is 0 Å². The van der Waals surface area contributed by atoms with Crippen LogP contribution in [0.15, 0.2) is 24.3 Å². The molecule has 0 saturated carbocycles. The molecule has 1 rings (SSSR count). The van der Waals surface area contributed by atoms with E-state index in [4.69, 9.17) is 16.7 Å². The van der Waals surface area contributed by atoms with Gasteiger partial charge in [0.2, 0.25) is 12.3 Å². The molecule has 2 amide bonds. The van der Waals surface area contributed by atoms with E-state index < -0.39 is 12.0 Å². The first kappa shape index (κ1) is 17.3. The molecule has 0 aliphatic carbocycles. The number of aliphatic carboxylic acids is 1. The molecule has 1 aromatic carbocycles. The topological polar surface area (TPSA) is 95.5 Å². The number of rotatable bonds is 9. The van der Waals surface area contributed by atoms with Gasteiger partial charge >= 0.3 is 5.97 Å². The minimum Gasteiger partial charge on any atom is -0.480 e. The fraction of sp³-hybridized carbons (Fsp3) is 0.308. The minimum atomic E-state index is -1.13. The van der Waals surface area contributed by atoms with Gasteiger partial charge in [-0.1, -0.05) is 23.7 Å². The van der Waals surface area contributed by atoms with Crippen molar-refractivity contribution in [2.75, 3.05) is 11.5 Å². The maximum atomic E-state index is 11.6. The lowest BCUT2D eigenvalue weighted by Crippen LogP contribution is -2.38. The number of hydrogen-bond donors (Lipinski definition) is 3. The summed E-state index contributed by atoms with van der Waals surface area (Å²) in [6.07, 6.45) is 0.333. The number of nitrogens with one attached hydrogen (secondary N) is 2. The summed E-state index contributed by atoms with van der Waals surface area (Å²) in [5, 5.41) is 14.3. The van der Waals surface area contributed by atoms with Gasteiger partial charge in [-0.25, -0.2) is 4.79 Å². The molecule has 8 heteroatoms. The molecule has 21 heavy (non-hydrogen) atoms. The molecule has 1 atom stereocenters. The molecule has 1 aromatic rings. The van der Waals surface area contributed by atoms with Crippen LogP contribution in [0.25, 0.3) is 0 Å². The molecule has 0 heterocycles. The third-order valence-electron chi connectivity index (χ3n) is 2.49. The first-order valence-corrected chi connectivity index (χ1v) is 7.57. The largest absolute Gasteiger partial charge is 0.480 e. The monoisotopic (exact) mass is 330 g/mol. The van der Waals surface area contributed by atoms with Gasteiger partial charge in [0, 0.05) is 17.3 Å². The van der Waals surface area contributed by atoms with Crippen molar-refractivity contribution in [1.29, 1.82) is 0 Å². The molecule has 1 unspecified atom stereocenters. The third-order valence-corrected chi connectivity index (χ3v) is 3.78. The highest BCUT2D eigenvalue weighted by Gasteiger charge is 2.16. The molecule has 0 radical (unpaired) electrons. The summed E-state index contributed by atoms with van der Waals surface area (Å²) in [7, 11) is 0. The first-order chi connectivity index (χ1) is 10.0. The molecule has 0 aliphatic rings. The molecule has 6 nitrogen and oxygen atoms in total. The maximum Gasteiger partial charge on any atom is 0.327 e. The zero-order chi connectivity index (χ0) is 15.7. The second-order valence-corrected chi connectivity index (χ2v) is 5.56. The van der Waals surface area contributed by atoms with Crippen molar-refractivity contribution >= 4 is 41.6 Å². The van der Waals surface area contributed by atoms with Gasteiger partial charge in [-0.2, -0.15) is 0 Å². The van der Waals surface area contributed by atoms with Crippen LogP contribution >= 0.6 is 23.4 Å². The van der Waals surface area contributed by atoms with Crippen LogP contribution in [0.4, 0.5) is 0 Å². The lowest BCUT2D eigenvalue weighted by molar-refractivity contribution is -0.139. The average Bonchev–Trinajstić information content (AvgIpc) is 2.45. The van der Waals surface area contributed by atoms with Gasteiger partial charge in [0.25, 0.3) is 0 Å². The van der Waals surface area contributed by atoms with Gasteiger partial charge < -0.3 is 15.7 Å². The van der Waals surface area contributed by atoms with Gasteiger partial charge in [0.1, 0.15) is 6.04 Å². The molecule has 0 saturated heterocycles. The predicted molar refractivity (Wildman–Crippen MR) is 81.2 cm³/mol. The van der Waals surface area contributed by atoms with Crippen LogP contribution in [0.3, 0.4) is 0 Å². The summed E-state index contributed by atoms with van der Waals surface area (Å²) in [5.74, 6) is -1.08. The molecule has 3 N–H and O–H groups in total. The number of amides is 2. The third kappa shape index (κ3) is 7.01. The predicted octanol–water partition coefficient (Wildman–Crippen LogP) is 0.889. The van der Waals surface area contributed by atoms with Crippen LogP contribution in [0.5, 0.6) is 0 Å². The number of carboxylic acids is 1. The second-order valence-electron chi connectivity index (χ2n) is 4.09. The Bertz CT molecular complexity index is 495. The molecule has 0 spiro atoms. The first-order valence-electron chi connectivity index (χ1n) is 6.04. The van der Waals surface area contributed by atoms with E-state index >= 15 is 0 Å². The Labute approximate surface area is 131 Å². The zero-order valence-corrected chi connectivity index (χ0v) is 12.6. The van der Waals surface area contributed by atoms with Crippen LogP contribution in [0.1, 0.15) is 5.56 Å². The molecular formula is C13H15ClN2O4S.